The summed E-state index contributed by atoms with van der Waals surface area (Å²) in [6.07, 6.45) is 0.284. The summed E-state index contributed by atoms with van der Waals surface area (Å²) >= 11 is 0. The quantitative estimate of drug-likeness (QED) is 0.902. The molecule has 0 saturated heterocycles. The summed E-state index contributed by atoms with van der Waals surface area (Å²) in [5.41, 5.74) is 6.03. The number of nitrogens with one attached hydrogen (secondary N) is 1. The third-order valence-electron chi connectivity index (χ3n) is 3.87. The van der Waals surface area contributed by atoms with Crippen LogP contribution in [0.1, 0.15) is 11.1 Å². The van der Waals surface area contributed by atoms with E-state index >= 15 is 0 Å². The first-order valence-electron chi connectivity index (χ1n) is 7.09. The maximum absolute atomic E-state index is 13.1. The Kier molecular flexibility index (Phi) is 3.73. The topological polar surface area (TPSA) is 76.7 Å². The zero-order valence-electron chi connectivity index (χ0n) is 12.5. The largest absolute Gasteiger partial charge is 0.497 e. The van der Waals surface area contributed by atoms with Crippen LogP contribution in [0.5, 0.6) is 5.75 Å². The minimum absolute atomic E-state index is 0.0768. The molecule has 0 spiro atoms. The second-order valence-electron chi connectivity index (χ2n) is 5.34. The van der Waals surface area contributed by atoms with E-state index in [1.807, 2.05) is 0 Å². The molecule has 5 nitrogen and oxygen atoms in total. The third kappa shape index (κ3) is 2.75. The molecule has 2 aromatic carbocycles. The molecule has 1 aliphatic rings. The first-order chi connectivity index (χ1) is 11.0. The van der Waals surface area contributed by atoms with Crippen molar-refractivity contribution in [3.8, 4) is 5.75 Å². The summed E-state index contributed by atoms with van der Waals surface area (Å²) in [6, 6.07) is 13.1. The number of rotatable bonds is 4. The van der Waals surface area contributed by atoms with Gasteiger partial charge >= 0.3 is 0 Å². The van der Waals surface area contributed by atoms with Crippen molar-refractivity contribution < 1.29 is 13.9 Å². The number of hydrogen-bond acceptors (Lipinski definition) is 4. The van der Waals surface area contributed by atoms with Crippen LogP contribution in [0.3, 0.4) is 0 Å². The summed E-state index contributed by atoms with van der Waals surface area (Å²) in [5.74, 6) is 0.129. The molecule has 1 aliphatic heterocycles. The van der Waals surface area contributed by atoms with E-state index in [9.17, 15) is 9.18 Å². The van der Waals surface area contributed by atoms with E-state index in [4.69, 9.17) is 10.5 Å². The summed E-state index contributed by atoms with van der Waals surface area (Å²) in [7, 11) is 1.57. The third-order valence-corrected chi connectivity index (χ3v) is 3.87. The predicted molar refractivity (Wildman–Crippen MR) is 84.5 cm³/mol. The molecule has 0 aromatic heterocycles. The number of benzene rings is 2. The summed E-state index contributed by atoms with van der Waals surface area (Å²) in [4.78, 5) is 16.9. The number of nitrogens with two attached hydrogens (primary N) is 1. The molecule has 118 valence electrons. The fraction of sp³-hybridized carbons (Fsp3) is 0.176. The Hall–Kier alpha value is -2.89. The Morgan fingerprint density at radius 1 is 1.17 bits per heavy atom. The van der Waals surface area contributed by atoms with Crippen LogP contribution in [-0.4, -0.2) is 19.0 Å². The second kappa shape index (κ2) is 5.72. The number of nitrogens with zero attached hydrogens (tertiary/aromatic N) is 1. The monoisotopic (exact) mass is 313 g/mol. The van der Waals surface area contributed by atoms with Gasteiger partial charge in [-0.25, -0.2) is 9.38 Å². The van der Waals surface area contributed by atoms with E-state index in [1.165, 1.54) is 12.1 Å². The first kappa shape index (κ1) is 15.0. The number of hydrogen-bond donors (Lipinski definition) is 2. The van der Waals surface area contributed by atoms with Crippen LogP contribution in [-0.2, 0) is 16.8 Å². The molecular formula is C17H16FN3O2. The van der Waals surface area contributed by atoms with E-state index in [2.05, 4.69) is 10.3 Å². The number of amides is 1. The predicted octanol–water partition coefficient (Wildman–Crippen LogP) is 1.72. The molecule has 0 aliphatic carbocycles. The van der Waals surface area contributed by atoms with Gasteiger partial charge < -0.3 is 10.5 Å². The van der Waals surface area contributed by atoms with Crippen LogP contribution >= 0.6 is 0 Å². The van der Waals surface area contributed by atoms with Crippen molar-refractivity contribution in [2.75, 3.05) is 7.11 Å². The van der Waals surface area contributed by atoms with E-state index in [0.717, 1.165) is 5.56 Å². The Balaban J connectivity index is 2.04. The second-order valence-corrected chi connectivity index (χ2v) is 5.34. The number of aliphatic imine (C=N–C) groups is 1. The van der Waals surface area contributed by atoms with Crippen molar-refractivity contribution in [2.45, 2.75) is 12.0 Å². The highest BCUT2D eigenvalue weighted by Crippen LogP contribution is 2.34. The van der Waals surface area contributed by atoms with Crippen LogP contribution in [0.4, 0.5) is 4.39 Å². The molecule has 0 unspecified atom stereocenters. The van der Waals surface area contributed by atoms with E-state index < -0.39 is 5.54 Å². The molecule has 3 N–H and O–H groups in total. The molecule has 6 heteroatoms. The van der Waals surface area contributed by atoms with Gasteiger partial charge in [0.25, 0.3) is 5.91 Å². The van der Waals surface area contributed by atoms with Gasteiger partial charge in [0, 0.05) is 6.42 Å². The van der Waals surface area contributed by atoms with Gasteiger partial charge in [-0.3, -0.25) is 10.1 Å². The molecule has 1 atom stereocenters. The molecule has 0 fully saturated rings. The van der Waals surface area contributed by atoms with Crippen molar-refractivity contribution in [1.29, 1.82) is 0 Å². The van der Waals surface area contributed by atoms with E-state index in [-0.39, 0.29) is 24.1 Å². The fourth-order valence-electron chi connectivity index (χ4n) is 2.69. The summed E-state index contributed by atoms with van der Waals surface area (Å²) in [6.45, 7) is 0. The number of carbonyl (C=O) groups excluding carboxylic acids is 1. The van der Waals surface area contributed by atoms with E-state index in [0.29, 0.717) is 11.3 Å². The van der Waals surface area contributed by atoms with Crippen LogP contribution < -0.4 is 15.8 Å². The van der Waals surface area contributed by atoms with Gasteiger partial charge in [0.1, 0.15) is 11.6 Å². The van der Waals surface area contributed by atoms with Crippen LogP contribution in [0.2, 0.25) is 0 Å². The lowest BCUT2D eigenvalue weighted by Gasteiger charge is -2.24. The van der Waals surface area contributed by atoms with Gasteiger partial charge in [-0.15, -0.1) is 0 Å². The molecule has 3 rings (SSSR count). The van der Waals surface area contributed by atoms with Gasteiger partial charge in [-0.2, -0.15) is 0 Å². The fourth-order valence-corrected chi connectivity index (χ4v) is 2.69. The van der Waals surface area contributed by atoms with E-state index in [1.54, 1.807) is 43.5 Å². The minimum Gasteiger partial charge on any atom is -0.497 e. The summed E-state index contributed by atoms with van der Waals surface area (Å²) in [5, 5.41) is 2.55. The zero-order valence-corrected chi connectivity index (χ0v) is 12.5. The lowest BCUT2D eigenvalue weighted by Crippen LogP contribution is -2.40. The molecular weight excluding hydrogens is 297 g/mol. The molecule has 0 saturated carbocycles. The lowest BCUT2D eigenvalue weighted by atomic mass is 9.84. The van der Waals surface area contributed by atoms with Crippen LogP contribution in [0.15, 0.2) is 53.5 Å². The Bertz CT molecular complexity index is 756. The SMILES string of the molecule is COc1ccc([C@]2(Cc3ccc(F)cc3)N=C(N)NC2=O)cc1. The average molecular weight is 313 g/mol. The van der Waals surface area contributed by atoms with Gasteiger partial charge in [-0.1, -0.05) is 24.3 Å². The minimum atomic E-state index is -1.16. The highest BCUT2D eigenvalue weighted by atomic mass is 19.1. The molecule has 2 aromatic rings. The summed E-state index contributed by atoms with van der Waals surface area (Å²) < 4.78 is 18.2. The van der Waals surface area contributed by atoms with Crippen molar-refractivity contribution in [2.24, 2.45) is 10.7 Å². The molecule has 0 radical (unpaired) electrons. The zero-order chi connectivity index (χ0) is 16.4. The molecule has 1 amide bonds. The number of guanidine groups is 1. The molecule has 23 heavy (non-hydrogen) atoms. The highest BCUT2D eigenvalue weighted by Gasteiger charge is 2.44. The Labute approximate surface area is 133 Å². The van der Waals surface area contributed by atoms with Crippen molar-refractivity contribution in [3.05, 3.63) is 65.5 Å². The Morgan fingerprint density at radius 2 is 1.83 bits per heavy atom. The van der Waals surface area contributed by atoms with Crippen molar-refractivity contribution in [3.63, 3.8) is 0 Å². The lowest BCUT2D eigenvalue weighted by molar-refractivity contribution is -0.124. The smallest absolute Gasteiger partial charge is 0.259 e. The maximum Gasteiger partial charge on any atom is 0.259 e. The number of methoxy groups -OCH3 is 1. The number of carbonyl (C=O) groups is 1. The number of ether oxygens (including phenoxy) is 1. The van der Waals surface area contributed by atoms with Crippen LogP contribution in [0, 0.1) is 5.82 Å². The van der Waals surface area contributed by atoms with Crippen LogP contribution in [0.25, 0.3) is 0 Å². The van der Waals surface area contributed by atoms with Crippen molar-refractivity contribution >= 4 is 11.9 Å². The van der Waals surface area contributed by atoms with Gasteiger partial charge in [-0.05, 0) is 35.4 Å². The average Bonchev–Trinajstić information content (AvgIpc) is 2.84. The molecule has 1 heterocycles. The van der Waals surface area contributed by atoms with Crippen molar-refractivity contribution in [1.82, 2.24) is 5.32 Å². The highest BCUT2D eigenvalue weighted by molar-refractivity contribution is 6.07. The Morgan fingerprint density at radius 3 is 2.35 bits per heavy atom. The van der Waals surface area contributed by atoms with Gasteiger partial charge in [0.15, 0.2) is 11.5 Å². The van der Waals surface area contributed by atoms with Gasteiger partial charge in [0.05, 0.1) is 7.11 Å². The molecule has 0 bridgehead atoms. The standard InChI is InChI=1S/C17H16FN3O2/c1-23-14-8-4-12(5-9-14)17(15(22)20-16(19)21-17)10-11-2-6-13(18)7-3-11/h2-9H,10H2,1H3,(H3,19,20,21,22)/t17-/m0/s1. The van der Waals surface area contributed by atoms with Gasteiger partial charge in [0.2, 0.25) is 0 Å². The normalized spacial score (nSPS) is 20.1. The first-order valence-corrected chi connectivity index (χ1v) is 7.09. The number of halogens is 1. The maximum atomic E-state index is 13.1.